The first-order chi connectivity index (χ1) is 8.58. The first-order valence-corrected chi connectivity index (χ1v) is 6.02. The molecule has 0 atom stereocenters. The number of methoxy groups -OCH3 is 1. The molecule has 1 aliphatic rings. The molecule has 0 bridgehead atoms. The fourth-order valence-electron chi connectivity index (χ4n) is 2.10. The number of carbonyl (C=O) groups is 1. The molecule has 1 saturated carbocycles. The van der Waals surface area contributed by atoms with E-state index in [-0.39, 0.29) is 11.3 Å². The predicted octanol–water partition coefficient (Wildman–Crippen LogP) is 2.18. The van der Waals surface area contributed by atoms with E-state index < -0.39 is 11.8 Å². The van der Waals surface area contributed by atoms with Crippen molar-refractivity contribution in [1.29, 1.82) is 0 Å². The number of nitrogen functional groups attached to an aromatic ring is 1. The van der Waals surface area contributed by atoms with Crippen LogP contribution in [0.3, 0.4) is 0 Å². The molecule has 1 aromatic rings. The highest BCUT2D eigenvalue weighted by molar-refractivity contribution is 5.96. The molecule has 2 N–H and O–H groups in total. The van der Waals surface area contributed by atoms with Crippen molar-refractivity contribution in [2.75, 3.05) is 24.3 Å². The topological polar surface area (TPSA) is 55.6 Å². The molecule has 1 aliphatic carbocycles. The van der Waals surface area contributed by atoms with E-state index in [1.54, 1.807) is 0 Å². The summed E-state index contributed by atoms with van der Waals surface area (Å²) in [5.41, 5.74) is 6.39. The van der Waals surface area contributed by atoms with Gasteiger partial charge in [-0.15, -0.1) is 0 Å². The van der Waals surface area contributed by atoms with Gasteiger partial charge >= 0.3 is 5.97 Å². The molecule has 18 heavy (non-hydrogen) atoms. The summed E-state index contributed by atoms with van der Waals surface area (Å²) in [7, 11) is 1.28. The van der Waals surface area contributed by atoms with Crippen LogP contribution in [0, 0.1) is 5.82 Å². The summed E-state index contributed by atoms with van der Waals surface area (Å²) in [5, 5.41) is 0. The highest BCUT2D eigenvalue weighted by atomic mass is 19.1. The minimum absolute atomic E-state index is 0.106. The van der Waals surface area contributed by atoms with Gasteiger partial charge in [-0.25, -0.2) is 9.18 Å². The molecule has 5 heteroatoms. The second-order valence-corrected chi connectivity index (χ2v) is 4.40. The number of rotatable bonds is 4. The van der Waals surface area contributed by atoms with E-state index in [1.165, 1.54) is 19.2 Å². The second-order valence-electron chi connectivity index (χ2n) is 4.40. The van der Waals surface area contributed by atoms with Crippen LogP contribution in [-0.4, -0.2) is 25.7 Å². The Balaban J connectivity index is 2.43. The van der Waals surface area contributed by atoms with Crippen LogP contribution in [0.4, 0.5) is 15.8 Å². The number of ether oxygens (including phenoxy) is 1. The lowest BCUT2D eigenvalue weighted by Crippen LogP contribution is -2.26. The Labute approximate surface area is 106 Å². The molecule has 0 saturated heterocycles. The van der Waals surface area contributed by atoms with Crippen molar-refractivity contribution in [2.45, 2.75) is 25.8 Å². The Morgan fingerprint density at radius 3 is 2.72 bits per heavy atom. The summed E-state index contributed by atoms with van der Waals surface area (Å²) in [6.07, 6.45) is 2.12. The smallest absolute Gasteiger partial charge is 0.340 e. The molecule has 0 radical (unpaired) electrons. The van der Waals surface area contributed by atoms with Gasteiger partial charge in [-0.1, -0.05) is 0 Å². The van der Waals surface area contributed by atoms with Gasteiger partial charge in [0.15, 0.2) is 0 Å². The molecule has 2 rings (SSSR count). The molecule has 0 amide bonds. The van der Waals surface area contributed by atoms with E-state index in [0.29, 0.717) is 18.3 Å². The van der Waals surface area contributed by atoms with E-state index in [9.17, 15) is 9.18 Å². The number of nitrogens with two attached hydrogens (primary N) is 1. The summed E-state index contributed by atoms with van der Waals surface area (Å²) in [6.45, 7) is 2.66. The van der Waals surface area contributed by atoms with Crippen molar-refractivity contribution in [3.05, 3.63) is 23.5 Å². The lowest BCUT2D eigenvalue weighted by molar-refractivity contribution is 0.0602. The van der Waals surface area contributed by atoms with Crippen molar-refractivity contribution in [2.24, 2.45) is 0 Å². The summed E-state index contributed by atoms with van der Waals surface area (Å²) < 4.78 is 18.6. The maximum Gasteiger partial charge on any atom is 0.340 e. The third kappa shape index (κ3) is 2.25. The molecule has 0 aromatic heterocycles. The number of hydrogen-bond acceptors (Lipinski definition) is 4. The van der Waals surface area contributed by atoms with Gasteiger partial charge in [0.1, 0.15) is 5.82 Å². The molecule has 0 aliphatic heterocycles. The molecule has 0 spiro atoms. The highest BCUT2D eigenvalue weighted by Gasteiger charge is 2.30. The van der Waals surface area contributed by atoms with Crippen LogP contribution in [0.15, 0.2) is 12.1 Å². The van der Waals surface area contributed by atoms with E-state index in [2.05, 4.69) is 4.74 Å². The fraction of sp³-hybridized carbons (Fsp3) is 0.462. The number of carbonyl (C=O) groups excluding carboxylic acids is 1. The SMILES string of the molecule is CCN(c1cc(C(=O)OC)c(N)cc1F)C1CC1. The lowest BCUT2D eigenvalue weighted by Gasteiger charge is -2.24. The van der Waals surface area contributed by atoms with Crippen molar-refractivity contribution < 1.29 is 13.9 Å². The van der Waals surface area contributed by atoms with Gasteiger partial charge in [-0.3, -0.25) is 0 Å². The minimum Gasteiger partial charge on any atom is -0.465 e. The number of hydrogen-bond donors (Lipinski definition) is 1. The number of benzene rings is 1. The Morgan fingerprint density at radius 1 is 1.56 bits per heavy atom. The van der Waals surface area contributed by atoms with Crippen molar-refractivity contribution in [3.63, 3.8) is 0 Å². The van der Waals surface area contributed by atoms with Gasteiger partial charge in [0.05, 0.1) is 18.4 Å². The van der Waals surface area contributed by atoms with Crippen molar-refractivity contribution in [3.8, 4) is 0 Å². The third-order valence-electron chi connectivity index (χ3n) is 3.16. The first-order valence-electron chi connectivity index (χ1n) is 6.02. The van der Waals surface area contributed by atoms with E-state index in [0.717, 1.165) is 12.8 Å². The average Bonchev–Trinajstić information content (AvgIpc) is 3.16. The normalized spacial score (nSPS) is 14.4. The lowest BCUT2D eigenvalue weighted by atomic mass is 10.1. The Kier molecular flexibility index (Phi) is 3.41. The van der Waals surface area contributed by atoms with E-state index >= 15 is 0 Å². The monoisotopic (exact) mass is 252 g/mol. The number of esters is 1. The van der Waals surface area contributed by atoms with E-state index in [4.69, 9.17) is 5.73 Å². The molecule has 1 fully saturated rings. The molecular weight excluding hydrogens is 235 g/mol. The van der Waals surface area contributed by atoms with Crippen LogP contribution in [0.25, 0.3) is 0 Å². The van der Waals surface area contributed by atoms with Gasteiger partial charge in [0.2, 0.25) is 0 Å². The van der Waals surface area contributed by atoms with Crippen LogP contribution < -0.4 is 10.6 Å². The third-order valence-corrected chi connectivity index (χ3v) is 3.16. The maximum atomic E-state index is 13.9. The van der Waals surface area contributed by atoms with Crippen LogP contribution >= 0.6 is 0 Å². The molecule has 4 nitrogen and oxygen atoms in total. The largest absolute Gasteiger partial charge is 0.465 e. The van der Waals surface area contributed by atoms with Crippen LogP contribution in [0.5, 0.6) is 0 Å². The fourth-order valence-corrected chi connectivity index (χ4v) is 2.10. The van der Waals surface area contributed by atoms with Gasteiger partial charge in [-0.2, -0.15) is 0 Å². The Morgan fingerprint density at radius 2 is 2.22 bits per heavy atom. The van der Waals surface area contributed by atoms with Gasteiger partial charge in [0, 0.05) is 18.3 Å². The standard InChI is InChI=1S/C13H17FN2O2/c1-3-16(8-4-5-8)12-6-9(13(17)18-2)11(15)7-10(12)14/h6-8H,3-5,15H2,1-2H3. The van der Waals surface area contributed by atoms with Crippen molar-refractivity contribution in [1.82, 2.24) is 0 Å². The zero-order chi connectivity index (χ0) is 13.3. The highest BCUT2D eigenvalue weighted by Crippen LogP contribution is 2.34. The van der Waals surface area contributed by atoms with Gasteiger partial charge in [0.25, 0.3) is 0 Å². The van der Waals surface area contributed by atoms with Crippen LogP contribution in [-0.2, 0) is 4.74 Å². The number of nitrogens with zero attached hydrogens (tertiary/aromatic N) is 1. The molecule has 0 heterocycles. The first kappa shape index (κ1) is 12.7. The summed E-state index contributed by atoms with van der Waals surface area (Å²) in [5.74, 6) is -0.936. The van der Waals surface area contributed by atoms with Gasteiger partial charge in [-0.05, 0) is 31.9 Å². The summed E-state index contributed by atoms with van der Waals surface area (Å²) >= 11 is 0. The summed E-state index contributed by atoms with van der Waals surface area (Å²) in [6, 6.07) is 3.05. The zero-order valence-electron chi connectivity index (χ0n) is 10.6. The average molecular weight is 252 g/mol. The zero-order valence-corrected chi connectivity index (χ0v) is 10.6. The minimum atomic E-state index is -0.541. The molecular formula is C13H17FN2O2. The van der Waals surface area contributed by atoms with Gasteiger partial charge < -0.3 is 15.4 Å². The second kappa shape index (κ2) is 4.84. The predicted molar refractivity (Wildman–Crippen MR) is 68.2 cm³/mol. The Bertz CT molecular complexity index is 472. The number of halogens is 1. The molecule has 98 valence electrons. The molecule has 0 unspecified atom stereocenters. The van der Waals surface area contributed by atoms with E-state index in [1.807, 2.05) is 11.8 Å². The number of anilines is 2. The van der Waals surface area contributed by atoms with Crippen LogP contribution in [0.1, 0.15) is 30.1 Å². The molecule has 1 aromatic carbocycles. The quantitative estimate of drug-likeness (QED) is 0.659. The Hall–Kier alpha value is -1.78. The maximum absolute atomic E-state index is 13.9. The van der Waals surface area contributed by atoms with Crippen molar-refractivity contribution >= 4 is 17.3 Å². The van der Waals surface area contributed by atoms with Crippen LogP contribution in [0.2, 0.25) is 0 Å². The summed E-state index contributed by atoms with van der Waals surface area (Å²) in [4.78, 5) is 13.5.